The van der Waals surface area contributed by atoms with Crippen LogP contribution in [0.2, 0.25) is 0 Å². The smallest absolute Gasteiger partial charge is 0.410 e. The molecule has 3 rings (SSSR count). The largest absolute Gasteiger partial charge is 0.415 e. The van der Waals surface area contributed by atoms with E-state index in [-0.39, 0.29) is 12.5 Å². The van der Waals surface area contributed by atoms with E-state index in [1.165, 1.54) is 4.90 Å². The first-order valence-electron chi connectivity index (χ1n) is 8.55. The second-order valence-electron chi connectivity index (χ2n) is 6.82. The van der Waals surface area contributed by atoms with E-state index in [1.54, 1.807) is 24.3 Å². The molecule has 1 aromatic carbocycles. The number of ether oxygens (including phenoxy) is 1. The Hall–Kier alpha value is -2.18. The molecule has 0 aromatic heterocycles. The summed E-state index contributed by atoms with van der Waals surface area (Å²) < 4.78 is 33.5. The number of nitrogens with zero attached hydrogens (tertiary/aromatic N) is 2. The van der Waals surface area contributed by atoms with E-state index in [9.17, 15) is 18.4 Å². The molecule has 1 atom stereocenters. The van der Waals surface area contributed by atoms with E-state index < -0.39 is 31.0 Å². The molecule has 0 saturated carbocycles. The van der Waals surface area contributed by atoms with Crippen LogP contribution in [0.25, 0.3) is 0 Å². The molecular formula is C18H22F2N2O3. The Labute approximate surface area is 145 Å². The Balaban J connectivity index is 1.70. The first-order valence-corrected chi connectivity index (χ1v) is 8.55. The number of hydrogen-bond donors (Lipinski definition) is 0. The van der Waals surface area contributed by atoms with Crippen molar-refractivity contribution in [2.45, 2.75) is 44.6 Å². The highest BCUT2D eigenvalue weighted by Crippen LogP contribution is 2.31. The first kappa shape index (κ1) is 17.6. The van der Waals surface area contributed by atoms with Gasteiger partial charge in [-0.3, -0.25) is 9.69 Å². The van der Waals surface area contributed by atoms with Gasteiger partial charge in [0.05, 0.1) is 12.6 Å². The molecule has 0 radical (unpaired) electrons. The molecule has 7 heteroatoms. The minimum Gasteiger partial charge on any atom is -0.410 e. The van der Waals surface area contributed by atoms with Gasteiger partial charge in [0, 0.05) is 25.9 Å². The average molecular weight is 352 g/mol. The lowest BCUT2D eigenvalue weighted by Gasteiger charge is -2.43. The monoisotopic (exact) mass is 352 g/mol. The van der Waals surface area contributed by atoms with Gasteiger partial charge in [-0.2, -0.15) is 0 Å². The van der Waals surface area contributed by atoms with E-state index in [2.05, 4.69) is 0 Å². The van der Waals surface area contributed by atoms with Gasteiger partial charge in [-0.05, 0) is 31.9 Å². The Morgan fingerprint density at radius 3 is 2.64 bits per heavy atom. The van der Waals surface area contributed by atoms with Crippen molar-refractivity contribution in [3.63, 3.8) is 0 Å². The third kappa shape index (κ3) is 4.27. The highest BCUT2D eigenvalue weighted by molar-refractivity contribution is 5.77. The van der Waals surface area contributed by atoms with Crippen LogP contribution in [0.4, 0.5) is 13.6 Å². The van der Waals surface area contributed by atoms with Crippen molar-refractivity contribution in [2.75, 3.05) is 19.6 Å². The number of benzene rings is 1. The van der Waals surface area contributed by atoms with Crippen molar-refractivity contribution < 1.29 is 23.1 Å². The summed E-state index contributed by atoms with van der Waals surface area (Å²) in [6, 6.07) is 6.15. The van der Waals surface area contributed by atoms with Crippen LogP contribution in [0, 0.1) is 6.92 Å². The Bertz CT molecular complexity index is 648. The van der Waals surface area contributed by atoms with Crippen molar-refractivity contribution in [2.24, 2.45) is 0 Å². The number of likely N-dealkylation sites (tertiary alicyclic amines) is 2. The number of carbonyl (C=O) groups is 2. The lowest BCUT2D eigenvalue weighted by molar-refractivity contribution is -0.142. The summed E-state index contributed by atoms with van der Waals surface area (Å²) in [5, 5.41) is 0. The van der Waals surface area contributed by atoms with E-state index in [1.807, 2.05) is 6.92 Å². The fraction of sp³-hybridized carbons (Fsp3) is 0.556. The molecule has 2 aliphatic rings. The van der Waals surface area contributed by atoms with Gasteiger partial charge in [-0.15, -0.1) is 0 Å². The van der Waals surface area contributed by atoms with Gasteiger partial charge < -0.3 is 9.64 Å². The molecule has 2 fully saturated rings. The quantitative estimate of drug-likeness (QED) is 0.821. The zero-order valence-electron chi connectivity index (χ0n) is 14.2. The predicted molar refractivity (Wildman–Crippen MR) is 87.7 cm³/mol. The zero-order valence-corrected chi connectivity index (χ0v) is 14.2. The second-order valence-corrected chi connectivity index (χ2v) is 6.82. The van der Waals surface area contributed by atoms with Gasteiger partial charge in [0.15, 0.2) is 0 Å². The molecule has 2 saturated heterocycles. The Morgan fingerprint density at radius 2 is 1.96 bits per heavy atom. The number of alkyl halides is 2. The van der Waals surface area contributed by atoms with Crippen molar-refractivity contribution in [1.29, 1.82) is 0 Å². The number of hydrogen-bond acceptors (Lipinski definition) is 3. The van der Waals surface area contributed by atoms with E-state index >= 15 is 0 Å². The van der Waals surface area contributed by atoms with Crippen molar-refractivity contribution in [3.8, 4) is 5.75 Å². The van der Waals surface area contributed by atoms with E-state index in [0.717, 1.165) is 23.3 Å². The molecule has 0 N–H and O–H groups in total. The summed E-state index contributed by atoms with van der Waals surface area (Å²) in [5.74, 6) is -2.83. The fourth-order valence-corrected chi connectivity index (χ4v) is 3.40. The van der Waals surface area contributed by atoms with Crippen LogP contribution in [0.5, 0.6) is 5.75 Å². The highest BCUT2D eigenvalue weighted by Gasteiger charge is 2.45. The molecule has 5 nitrogen and oxygen atoms in total. The molecule has 25 heavy (non-hydrogen) atoms. The van der Waals surface area contributed by atoms with Crippen molar-refractivity contribution in [1.82, 2.24) is 9.80 Å². The number of rotatable bonds is 2. The maximum absolute atomic E-state index is 14.2. The number of carbonyl (C=O) groups excluding carboxylic acids is 2. The summed E-state index contributed by atoms with van der Waals surface area (Å²) in [6.07, 6.45) is 0.764. The summed E-state index contributed by atoms with van der Waals surface area (Å²) >= 11 is 0. The van der Waals surface area contributed by atoms with Gasteiger partial charge in [-0.25, -0.2) is 13.6 Å². The van der Waals surface area contributed by atoms with Crippen molar-refractivity contribution in [3.05, 3.63) is 29.8 Å². The number of amides is 2. The molecule has 136 valence electrons. The maximum atomic E-state index is 14.2. The molecular weight excluding hydrogens is 330 g/mol. The average Bonchev–Trinajstić information content (AvgIpc) is 2.56. The molecule has 0 aliphatic carbocycles. The molecule has 0 spiro atoms. The van der Waals surface area contributed by atoms with Crippen LogP contribution in [0.3, 0.4) is 0 Å². The normalized spacial score (nSPS) is 23.5. The van der Waals surface area contributed by atoms with Crippen LogP contribution < -0.4 is 4.74 Å². The van der Waals surface area contributed by atoms with Crippen LogP contribution in [0.15, 0.2) is 24.3 Å². The van der Waals surface area contributed by atoms with Crippen LogP contribution in [-0.4, -0.2) is 53.4 Å². The third-order valence-corrected chi connectivity index (χ3v) is 4.67. The minimum atomic E-state index is -3.03. The molecule has 2 amide bonds. The van der Waals surface area contributed by atoms with Gasteiger partial charge in [0.25, 0.3) is 5.92 Å². The number of halogens is 2. The summed E-state index contributed by atoms with van der Waals surface area (Å²) in [6.45, 7) is 1.76. The molecule has 2 aliphatic heterocycles. The summed E-state index contributed by atoms with van der Waals surface area (Å²) in [5.41, 5.74) is 1.01. The highest BCUT2D eigenvalue weighted by atomic mass is 19.3. The van der Waals surface area contributed by atoms with Crippen LogP contribution in [-0.2, 0) is 4.79 Å². The van der Waals surface area contributed by atoms with Gasteiger partial charge in [-0.1, -0.05) is 17.7 Å². The standard InChI is InChI=1S/C18H22F2N2O3/c1-13-5-7-15(8-6-13)25-17(24)21-11-14(10-18(19,20)12-21)22-9-3-2-4-16(22)23/h5-8,14H,2-4,9-12H2,1H3/t14-/m1/s1. The molecule has 0 bridgehead atoms. The van der Waals surface area contributed by atoms with Gasteiger partial charge >= 0.3 is 6.09 Å². The van der Waals surface area contributed by atoms with Gasteiger partial charge in [0.2, 0.25) is 5.91 Å². The fourth-order valence-electron chi connectivity index (χ4n) is 3.40. The Morgan fingerprint density at radius 1 is 1.24 bits per heavy atom. The summed E-state index contributed by atoms with van der Waals surface area (Å²) in [7, 11) is 0. The SMILES string of the molecule is Cc1ccc(OC(=O)N2C[C@H](N3CCCCC3=O)CC(F)(F)C2)cc1. The lowest BCUT2D eigenvalue weighted by atomic mass is 9.98. The number of piperidine rings is 2. The predicted octanol–water partition coefficient (Wildman–Crippen LogP) is 3.22. The summed E-state index contributed by atoms with van der Waals surface area (Å²) in [4.78, 5) is 26.9. The van der Waals surface area contributed by atoms with Crippen LogP contribution in [0.1, 0.15) is 31.2 Å². The zero-order chi connectivity index (χ0) is 18.0. The van der Waals surface area contributed by atoms with Gasteiger partial charge in [0.1, 0.15) is 5.75 Å². The first-order chi connectivity index (χ1) is 11.8. The second kappa shape index (κ2) is 6.98. The van der Waals surface area contributed by atoms with E-state index in [4.69, 9.17) is 4.74 Å². The third-order valence-electron chi connectivity index (χ3n) is 4.67. The lowest BCUT2D eigenvalue weighted by Crippen LogP contribution is -2.59. The Kier molecular flexibility index (Phi) is 4.92. The molecule has 2 heterocycles. The van der Waals surface area contributed by atoms with Crippen LogP contribution >= 0.6 is 0 Å². The van der Waals surface area contributed by atoms with E-state index in [0.29, 0.717) is 18.7 Å². The number of aryl methyl sites for hydroxylation is 1. The topological polar surface area (TPSA) is 49.9 Å². The minimum absolute atomic E-state index is 0.0754. The molecule has 0 unspecified atom stereocenters. The maximum Gasteiger partial charge on any atom is 0.415 e. The molecule has 1 aromatic rings. The van der Waals surface area contributed by atoms with Crippen molar-refractivity contribution >= 4 is 12.0 Å².